The van der Waals surface area contributed by atoms with E-state index in [1.165, 1.54) is 12.1 Å². The average molecular weight is 493 g/mol. The van der Waals surface area contributed by atoms with Crippen LogP contribution in [-0.4, -0.2) is 59.5 Å². The second-order valence-electron chi connectivity index (χ2n) is 8.12. The Hall–Kier alpha value is -2.56. The molecule has 1 saturated heterocycles. The number of carbonyl (C=O) groups excluding carboxylic acids is 1. The third-order valence-electron chi connectivity index (χ3n) is 5.91. The third kappa shape index (κ3) is 5.73. The van der Waals surface area contributed by atoms with Crippen LogP contribution in [-0.2, 0) is 28.0 Å². The molecule has 1 atom stereocenters. The van der Waals surface area contributed by atoms with Crippen molar-refractivity contribution in [3.8, 4) is 0 Å². The van der Waals surface area contributed by atoms with E-state index in [0.29, 0.717) is 32.1 Å². The number of hydrogen-bond donors (Lipinski definition) is 1. The van der Waals surface area contributed by atoms with Crippen molar-refractivity contribution < 1.29 is 22.7 Å². The van der Waals surface area contributed by atoms with Gasteiger partial charge < -0.3 is 14.6 Å². The highest BCUT2D eigenvalue weighted by Crippen LogP contribution is 2.31. The van der Waals surface area contributed by atoms with Gasteiger partial charge in [-0.1, -0.05) is 24.3 Å². The van der Waals surface area contributed by atoms with Gasteiger partial charge in [0, 0.05) is 19.6 Å². The highest BCUT2D eigenvalue weighted by Gasteiger charge is 2.31. The van der Waals surface area contributed by atoms with Crippen LogP contribution in [0.25, 0.3) is 11.0 Å². The molecule has 1 unspecified atom stereocenters. The van der Waals surface area contributed by atoms with E-state index >= 15 is 0 Å². The molecule has 182 valence electrons. The highest BCUT2D eigenvalue weighted by molar-refractivity contribution is 7.97. The van der Waals surface area contributed by atoms with Crippen molar-refractivity contribution in [1.82, 2.24) is 19.8 Å². The zero-order chi connectivity index (χ0) is 24.1. The number of imidazole rings is 1. The molecule has 1 aliphatic rings. The number of fused-ring (bicyclic) bond motifs is 1. The predicted molar refractivity (Wildman–Crippen MR) is 127 cm³/mol. The molecule has 1 aliphatic heterocycles. The molecule has 1 N–H and O–H groups in total. The van der Waals surface area contributed by atoms with Crippen molar-refractivity contribution in [3.05, 3.63) is 65.5 Å². The van der Waals surface area contributed by atoms with Gasteiger partial charge in [-0.3, -0.25) is 9.69 Å². The van der Waals surface area contributed by atoms with Gasteiger partial charge >= 0.3 is 6.18 Å². The van der Waals surface area contributed by atoms with Crippen molar-refractivity contribution in [2.75, 3.05) is 39.1 Å². The van der Waals surface area contributed by atoms with Crippen molar-refractivity contribution in [3.63, 3.8) is 0 Å². The Morgan fingerprint density at radius 3 is 2.53 bits per heavy atom. The largest absolute Gasteiger partial charge is 0.416 e. The van der Waals surface area contributed by atoms with Crippen LogP contribution >= 0.6 is 11.8 Å². The Balaban J connectivity index is 1.50. The van der Waals surface area contributed by atoms with Gasteiger partial charge in [0.05, 0.1) is 41.6 Å². The molecule has 10 heteroatoms. The maximum Gasteiger partial charge on any atom is 0.416 e. The van der Waals surface area contributed by atoms with E-state index in [0.717, 1.165) is 34.6 Å². The highest BCUT2D eigenvalue weighted by atomic mass is 32.2. The molecular weight excluding hydrogens is 465 g/mol. The molecule has 0 aliphatic carbocycles. The molecule has 1 amide bonds. The smallest absolute Gasteiger partial charge is 0.379 e. The standard InChI is InChI=1S/C24H27F3N4O2S/c1-34-16-22-29-19-4-2-3-5-20(19)31(22)15-23(32)28-14-21(30-10-12-33-13-11-30)17-6-8-18(9-7-17)24(25,26)27/h2-9,21H,10-16H2,1H3,(H,28,32). The molecule has 4 rings (SSSR count). The number of aromatic nitrogens is 2. The van der Waals surface area contributed by atoms with Gasteiger partial charge in [-0.05, 0) is 36.1 Å². The van der Waals surface area contributed by atoms with Crippen molar-refractivity contribution in [2.24, 2.45) is 0 Å². The lowest BCUT2D eigenvalue weighted by Gasteiger charge is -2.35. The summed E-state index contributed by atoms with van der Waals surface area (Å²) in [6.45, 7) is 2.79. The molecule has 1 fully saturated rings. The number of nitrogens with one attached hydrogen (secondary N) is 1. The van der Waals surface area contributed by atoms with E-state index in [4.69, 9.17) is 4.74 Å². The summed E-state index contributed by atoms with van der Waals surface area (Å²) in [5, 5.41) is 3.00. The second kappa shape index (κ2) is 10.8. The fraction of sp³-hybridized carbons (Fsp3) is 0.417. The molecule has 6 nitrogen and oxygen atoms in total. The quantitative estimate of drug-likeness (QED) is 0.513. The first-order valence-corrected chi connectivity index (χ1v) is 12.4. The fourth-order valence-corrected chi connectivity index (χ4v) is 4.67. The Morgan fingerprint density at radius 1 is 1.15 bits per heavy atom. The molecule has 0 spiro atoms. The number of ether oxygens (including phenoxy) is 1. The number of halogens is 3. The van der Waals surface area contributed by atoms with E-state index in [1.54, 1.807) is 11.8 Å². The van der Waals surface area contributed by atoms with E-state index < -0.39 is 11.7 Å². The van der Waals surface area contributed by atoms with Crippen molar-refractivity contribution in [2.45, 2.75) is 24.5 Å². The summed E-state index contributed by atoms with van der Waals surface area (Å²) in [6.07, 6.45) is -2.40. The maximum absolute atomic E-state index is 13.0. The lowest BCUT2D eigenvalue weighted by atomic mass is 10.0. The van der Waals surface area contributed by atoms with Gasteiger partial charge in [0.2, 0.25) is 5.91 Å². The van der Waals surface area contributed by atoms with Gasteiger partial charge in [0.15, 0.2) is 0 Å². The monoisotopic (exact) mass is 492 g/mol. The summed E-state index contributed by atoms with van der Waals surface area (Å²) in [5.41, 5.74) is 1.78. The molecule has 2 heterocycles. The van der Waals surface area contributed by atoms with Crippen LogP contribution in [0.4, 0.5) is 13.2 Å². The Labute approximate surface area is 200 Å². The number of thioether (sulfide) groups is 1. The first kappa shape index (κ1) is 24.6. The number of rotatable bonds is 8. The number of morpholine rings is 1. The van der Waals surface area contributed by atoms with Gasteiger partial charge in [-0.2, -0.15) is 24.9 Å². The number of alkyl halides is 3. The number of carbonyl (C=O) groups is 1. The Bertz CT molecular complexity index is 1110. The first-order valence-electron chi connectivity index (χ1n) is 11.1. The topological polar surface area (TPSA) is 59.4 Å². The molecule has 34 heavy (non-hydrogen) atoms. The summed E-state index contributed by atoms with van der Waals surface area (Å²) < 4.78 is 46.4. The molecule has 1 aromatic heterocycles. The van der Waals surface area contributed by atoms with E-state index in [2.05, 4.69) is 15.2 Å². The lowest BCUT2D eigenvalue weighted by molar-refractivity contribution is -0.137. The number of amides is 1. The van der Waals surface area contributed by atoms with E-state index in [9.17, 15) is 18.0 Å². The minimum absolute atomic E-state index is 0.124. The lowest BCUT2D eigenvalue weighted by Crippen LogP contribution is -2.44. The molecule has 0 bridgehead atoms. The minimum Gasteiger partial charge on any atom is -0.379 e. The van der Waals surface area contributed by atoms with Crippen molar-refractivity contribution >= 4 is 28.7 Å². The summed E-state index contributed by atoms with van der Waals surface area (Å²) >= 11 is 1.63. The van der Waals surface area contributed by atoms with E-state index in [1.807, 2.05) is 35.1 Å². The van der Waals surface area contributed by atoms with Gasteiger partial charge in [-0.25, -0.2) is 4.98 Å². The van der Waals surface area contributed by atoms with Crippen LogP contribution in [0.15, 0.2) is 48.5 Å². The number of hydrogen-bond acceptors (Lipinski definition) is 5. The van der Waals surface area contributed by atoms with Crippen LogP contribution in [0.5, 0.6) is 0 Å². The normalized spacial score (nSPS) is 16.0. The molecule has 3 aromatic rings. The summed E-state index contributed by atoms with van der Waals surface area (Å²) in [4.78, 5) is 19.7. The summed E-state index contributed by atoms with van der Waals surface area (Å²) in [5.74, 6) is 1.34. The van der Waals surface area contributed by atoms with Gasteiger partial charge in [-0.15, -0.1) is 0 Å². The Morgan fingerprint density at radius 2 is 1.85 bits per heavy atom. The minimum atomic E-state index is -4.39. The third-order valence-corrected chi connectivity index (χ3v) is 6.46. The first-order chi connectivity index (χ1) is 16.4. The molecular formula is C24H27F3N4O2S. The van der Waals surface area contributed by atoms with Gasteiger partial charge in [0.1, 0.15) is 12.4 Å². The molecule has 0 saturated carbocycles. The maximum atomic E-state index is 13.0. The van der Waals surface area contributed by atoms with Crippen molar-refractivity contribution in [1.29, 1.82) is 0 Å². The predicted octanol–water partition coefficient (Wildman–Crippen LogP) is 4.11. The number of para-hydroxylation sites is 2. The SMILES string of the molecule is CSCc1nc2ccccc2n1CC(=O)NCC(c1ccc(C(F)(F)F)cc1)N1CCOCC1. The second-order valence-corrected chi connectivity index (χ2v) is 8.99. The molecule has 2 aromatic carbocycles. The number of nitrogens with zero attached hydrogens (tertiary/aromatic N) is 3. The van der Waals surface area contributed by atoms with Gasteiger partial charge in [0.25, 0.3) is 0 Å². The van der Waals surface area contributed by atoms with E-state index in [-0.39, 0.29) is 25.0 Å². The zero-order valence-electron chi connectivity index (χ0n) is 18.8. The van der Waals surface area contributed by atoms with Crippen LogP contribution in [0.2, 0.25) is 0 Å². The summed E-state index contributed by atoms with van der Waals surface area (Å²) in [6, 6.07) is 12.6. The number of benzene rings is 2. The summed E-state index contributed by atoms with van der Waals surface area (Å²) in [7, 11) is 0. The van der Waals surface area contributed by atoms with Crippen LogP contribution in [0.1, 0.15) is 23.0 Å². The molecule has 0 radical (unpaired) electrons. The van der Waals surface area contributed by atoms with Crippen LogP contribution in [0, 0.1) is 0 Å². The van der Waals surface area contributed by atoms with Crippen LogP contribution < -0.4 is 5.32 Å². The Kier molecular flexibility index (Phi) is 7.80. The fourth-order valence-electron chi connectivity index (χ4n) is 4.19. The van der Waals surface area contributed by atoms with Crippen LogP contribution in [0.3, 0.4) is 0 Å². The average Bonchev–Trinajstić information content (AvgIpc) is 3.17. The zero-order valence-corrected chi connectivity index (χ0v) is 19.7.